The second kappa shape index (κ2) is 5.84. The summed E-state index contributed by atoms with van der Waals surface area (Å²) in [5, 5.41) is 9.89. The Hall–Kier alpha value is -0.200. The summed E-state index contributed by atoms with van der Waals surface area (Å²) in [6.07, 6.45) is 1.73. The molecule has 0 aromatic carbocycles. The lowest BCUT2D eigenvalue weighted by Crippen LogP contribution is -2.47. The zero-order valence-electron chi connectivity index (χ0n) is 11.6. The maximum Gasteiger partial charge on any atom is 0.0682 e. The quantitative estimate of drug-likeness (QED) is 0.685. The molecular weight excluding hydrogens is 230 g/mol. The fraction of sp³-hybridized carbons (Fsp3) is 1.00. The lowest BCUT2D eigenvalue weighted by Gasteiger charge is -2.35. The van der Waals surface area contributed by atoms with Crippen LogP contribution < -0.4 is 5.73 Å². The van der Waals surface area contributed by atoms with E-state index in [1.807, 2.05) is 0 Å². The molecule has 2 aliphatic heterocycles. The number of hydrogen-bond donors (Lipinski definition) is 2. The zero-order chi connectivity index (χ0) is 13.2. The van der Waals surface area contributed by atoms with Crippen LogP contribution in [0, 0.1) is 5.41 Å². The Kier molecular flexibility index (Phi) is 4.61. The third-order valence-electron chi connectivity index (χ3n) is 4.24. The maximum absolute atomic E-state index is 9.89. The van der Waals surface area contributed by atoms with Gasteiger partial charge >= 0.3 is 0 Å². The molecule has 2 aliphatic rings. The van der Waals surface area contributed by atoms with Crippen LogP contribution in [-0.4, -0.2) is 80.5 Å². The van der Waals surface area contributed by atoms with Gasteiger partial charge in [-0.15, -0.1) is 0 Å². The fourth-order valence-corrected chi connectivity index (χ4v) is 3.19. The highest BCUT2D eigenvalue weighted by Crippen LogP contribution is 2.31. The van der Waals surface area contributed by atoms with Crippen LogP contribution in [0.3, 0.4) is 0 Å². The third kappa shape index (κ3) is 3.22. The van der Waals surface area contributed by atoms with E-state index < -0.39 is 0 Å². The van der Waals surface area contributed by atoms with E-state index in [4.69, 9.17) is 10.5 Å². The Bertz CT molecular complexity index is 267. The first-order valence-electron chi connectivity index (χ1n) is 6.89. The highest BCUT2D eigenvalue weighted by molar-refractivity contribution is 4.94. The summed E-state index contributed by atoms with van der Waals surface area (Å²) in [6, 6.07) is 0.444. The smallest absolute Gasteiger partial charge is 0.0682 e. The zero-order valence-corrected chi connectivity index (χ0v) is 11.6. The number of β-amino-alcohol motifs (C(OH)–C–C–N with tert-alkyl or cyclic N) is 1. The first-order valence-corrected chi connectivity index (χ1v) is 6.89. The number of aliphatic hydroxyl groups is 1. The molecule has 2 saturated heterocycles. The SMILES string of the molecule is CN(C)CC1CC(O)CN1CC1(CN)CCOC1. The van der Waals surface area contributed by atoms with Crippen molar-refractivity contribution in [2.75, 3.05) is 53.5 Å². The van der Waals surface area contributed by atoms with Crippen LogP contribution in [0.2, 0.25) is 0 Å². The Labute approximate surface area is 110 Å². The van der Waals surface area contributed by atoms with E-state index >= 15 is 0 Å². The van der Waals surface area contributed by atoms with Gasteiger partial charge in [0, 0.05) is 44.2 Å². The van der Waals surface area contributed by atoms with Crippen LogP contribution in [0.25, 0.3) is 0 Å². The Balaban J connectivity index is 1.97. The molecule has 0 bridgehead atoms. The predicted molar refractivity (Wildman–Crippen MR) is 71.5 cm³/mol. The summed E-state index contributed by atoms with van der Waals surface area (Å²) in [5.74, 6) is 0. The van der Waals surface area contributed by atoms with E-state index in [1.165, 1.54) is 0 Å². The molecule has 0 amide bonds. The molecule has 5 heteroatoms. The van der Waals surface area contributed by atoms with Crippen molar-refractivity contribution >= 4 is 0 Å². The van der Waals surface area contributed by atoms with E-state index in [1.54, 1.807) is 0 Å². The monoisotopic (exact) mass is 257 g/mol. The molecule has 2 rings (SSSR count). The van der Waals surface area contributed by atoms with E-state index in [-0.39, 0.29) is 11.5 Å². The molecule has 3 N–H and O–H groups in total. The Morgan fingerprint density at radius 2 is 2.28 bits per heavy atom. The number of likely N-dealkylation sites (tertiary alicyclic amines) is 1. The number of nitrogens with zero attached hydrogens (tertiary/aromatic N) is 2. The van der Waals surface area contributed by atoms with Crippen LogP contribution in [0.1, 0.15) is 12.8 Å². The van der Waals surface area contributed by atoms with Gasteiger partial charge in [0.2, 0.25) is 0 Å². The average molecular weight is 257 g/mol. The van der Waals surface area contributed by atoms with Crippen molar-refractivity contribution in [1.29, 1.82) is 0 Å². The molecule has 18 heavy (non-hydrogen) atoms. The molecule has 0 saturated carbocycles. The number of likely N-dealkylation sites (N-methyl/N-ethyl adjacent to an activating group) is 1. The van der Waals surface area contributed by atoms with Crippen LogP contribution >= 0.6 is 0 Å². The van der Waals surface area contributed by atoms with Crippen molar-refractivity contribution in [2.45, 2.75) is 25.0 Å². The van der Waals surface area contributed by atoms with Crippen LogP contribution in [0.15, 0.2) is 0 Å². The summed E-state index contributed by atoms with van der Waals surface area (Å²) in [5.41, 5.74) is 6.05. The molecule has 0 aliphatic carbocycles. The normalized spacial score (nSPS) is 37.8. The van der Waals surface area contributed by atoms with Crippen molar-refractivity contribution in [3.63, 3.8) is 0 Å². The van der Waals surface area contributed by atoms with Gasteiger partial charge in [-0.25, -0.2) is 0 Å². The third-order valence-corrected chi connectivity index (χ3v) is 4.24. The maximum atomic E-state index is 9.89. The second-order valence-electron chi connectivity index (χ2n) is 6.24. The van der Waals surface area contributed by atoms with Crippen molar-refractivity contribution in [1.82, 2.24) is 9.80 Å². The van der Waals surface area contributed by atoms with Crippen LogP contribution in [-0.2, 0) is 4.74 Å². The minimum Gasteiger partial charge on any atom is -0.392 e. The van der Waals surface area contributed by atoms with Gasteiger partial charge in [-0.2, -0.15) is 0 Å². The first-order chi connectivity index (χ1) is 8.54. The van der Waals surface area contributed by atoms with E-state index in [9.17, 15) is 5.11 Å². The van der Waals surface area contributed by atoms with Gasteiger partial charge in [-0.1, -0.05) is 0 Å². The van der Waals surface area contributed by atoms with Crippen LogP contribution in [0.4, 0.5) is 0 Å². The minimum atomic E-state index is -0.188. The molecule has 0 aromatic rings. The molecule has 106 valence electrons. The summed E-state index contributed by atoms with van der Waals surface area (Å²) in [7, 11) is 4.17. The summed E-state index contributed by atoms with van der Waals surface area (Å²) in [4.78, 5) is 4.60. The van der Waals surface area contributed by atoms with Crippen molar-refractivity contribution in [2.24, 2.45) is 11.1 Å². The molecule has 2 fully saturated rings. The van der Waals surface area contributed by atoms with Gasteiger partial charge in [0.25, 0.3) is 0 Å². The van der Waals surface area contributed by atoms with Gasteiger partial charge in [-0.3, -0.25) is 4.90 Å². The highest BCUT2D eigenvalue weighted by Gasteiger charge is 2.40. The van der Waals surface area contributed by atoms with Gasteiger partial charge in [0.15, 0.2) is 0 Å². The predicted octanol–water partition coefficient (Wildman–Crippen LogP) is -0.651. The van der Waals surface area contributed by atoms with E-state index in [0.29, 0.717) is 12.6 Å². The molecule has 0 aromatic heterocycles. The fourth-order valence-electron chi connectivity index (χ4n) is 3.19. The van der Waals surface area contributed by atoms with Crippen molar-refractivity contribution in [3.8, 4) is 0 Å². The largest absolute Gasteiger partial charge is 0.392 e. The van der Waals surface area contributed by atoms with Crippen LogP contribution in [0.5, 0.6) is 0 Å². The summed E-state index contributed by atoms with van der Waals surface area (Å²) >= 11 is 0. The highest BCUT2D eigenvalue weighted by atomic mass is 16.5. The average Bonchev–Trinajstić information content (AvgIpc) is 2.87. The Morgan fingerprint density at radius 1 is 1.50 bits per heavy atom. The minimum absolute atomic E-state index is 0.106. The molecule has 3 atom stereocenters. The van der Waals surface area contributed by atoms with Gasteiger partial charge in [-0.05, 0) is 26.9 Å². The summed E-state index contributed by atoms with van der Waals surface area (Å²) in [6.45, 7) is 5.00. The molecular formula is C13H27N3O2. The number of nitrogens with two attached hydrogens (primary N) is 1. The number of ether oxygens (including phenoxy) is 1. The first kappa shape index (κ1) is 14.2. The lowest BCUT2D eigenvalue weighted by molar-refractivity contribution is 0.0954. The number of aliphatic hydroxyl groups excluding tert-OH is 1. The van der Waals surface area contributed by atoms with Crippen molar-refractivity contribution < 1.29 is 9.84 Å². The molecule has 0 radical (unpaired) electrons. The van der Waals surface area contributed by atoms with Gasteiger partial charge in [0.1, 0.15) is 0 Å². The van der Waals surface area contributed by atoms with Crippen molar-refractivity contribution in [3.05, 3.63) is 0 Å². The Morgan fingerprint density at radius 3 is 2.83 bits per heavy atom. The molecule has 2 heterocycles. The molecule has 3 unspecified atom stereocenters. The van der Waals surface area contributed by atoms with E-state index in [2.05, 4.69) is 23.9 Å². The molecule has 0 spiro atoms. The summed E-state index contributed by atoms with van der Waals surface area (Å²) < 4.78 is 5.53. The van der Waals surface area contributed by atoms with Gasteiger partial charge in [0.05, 0.1) is 12.7 Å². The molecule has 5 nitrogen and oxygen atoms in total. The standard InChI is InChI=1S/C13H27N3O2/c1-15(2)6-11-5-12(17)7-16(11)9-13(8-14)3-4-18-10-13/h11-12,17H,3-10,14H2,1-2H3. The van der Waals surface area contributed by atoms with E-state index in [0.717, 1.165) is 45.7 Å². The lowest BCUT2D eigenvalue weighted by atomic mass is 9.86. The number of rotatable bonds is 5. The number of hydrogen-bond acceptors (Lipinski definition) is 5. The van der Waals surface area contributed by atoms with Gasteiger partial charge < -0.3 is 20.5 Å². The topological polar surface area (TPSA) is 62.0 Å². The second-order valence-corrected chi connectivity index (χ2v) is 6.24.